The summed E-state index contributed by atoms with van der Waals surface area (Å²) in [5.41, 5.74) is 4.55. The summed E-state index contributed by atoms with van der Waals surface area (Å²) in [5, 5.41) is 0. The molecule has 0 bridgehead atoms. The van der Waals surface area contributed by atoms with Crippen LogP contribution in [0.15, 0.2) is 0 Å². The van der Waals surface area contributed by atoms with Gasteiger partial charge in [-0.05, 0) is 6.92 Å². The fourth-order valence-corrected chi connectivity index (χ4v) is 0.681. The normalized spacial score (nSPS) is 14.5. The molecule has 0 aromatic rings. The van der Waals surface area contributed by atoms with E-state index in [1.807, 2.05) is 0 Å². The van der Waals surface area contributed by atoms with Crippen molar-refractivity contribution in [3.63, 3.8) is 0 Å². The Labute approximate surface area is 81.1 Å². The van der Waals surface area contributed by atoms with Gasteiger partial charge in [-0.15, -0.1) is 0 Å². The van der Waals surface area contributed by atoms with Gasteiger partial charge >= 0.3 is 11.9 Å². The van der Waals surface area contributed by atoms with E-state index >= 15 is 0 Å². The van der Waals surface area contributed by atoms with Crippen molar-refractivity contribution in [1.29, 1.82) is 0 Å². The number of nitrogens with two attached hydrogens (primary N) is 1. The molecule has 0 aliphatic heterocycles. The minimum Gasteiger partial charge on any atom is -0.469 e. The Morgan fingerprint density at radius 3 is 2.46 bits per heavy atom. The molecule has 0 amide bonds. The van der Waals surface area contributed by atoms with Crippen molar-refractivity contribution >= 4 is 23.5 Å². The largest absolute Gasteiger partial charge is 0.469 e. The summed E-state index contributed by atoms with van der Waals surface area (Å²) in [6.45, 7) is 1.48. The van der Waals surface area contributed by atoms with Crippen molar-refractivity contribution in [2.24, 2.45) is 5.73 Å². The molecule has 0 spiro atoms. The van der Waals surface area contributed by atoms with Crippen LogP contribution in [0.4, 0.5) is 0 Å². The molecule has 0 aromatic heterocycles. The average molecular weight is 210 g/mol. The third-order valence-electron chi connectivity index (χ3n) is 1.20. The van der Waals surface area contributed by atoms with Gasteiger partial charge in [0.2, 0.25) is 0 Å². The minimum absolute atomic E-state index is 0.209. The summed E-state index contributed by atoms with van der Waals surface area (Å²) in [6.07, 6.45) is -0.209. The van der Waals surface area contributed by atoms with Gasteiger partial charge in [-0.1, -0.05) is 11.6 Å². The van der Waals surface area contributed by atoms with Crippen LogP contribution in [0.2, 0.25) is 0 Å². The molecule has 0 rings (SSSR count). The lowest BCUT2D eigenvalue weighted by atomic mass is 10.2. The molecule has 5 nitrogen and oxygen atoms in total. The van der Waals surface area contributed by atoms with E-state index in [1.165, 1.54) is 14.0 Å². The number of alkyl halides is 1. The zero-order valence-corrected chi connectivity index (χ0v) is 8.21. The fraction of sp³-hybridized carbons (Fsp3) is 0.714. The van der Waals surface area contributed by atoms with Crippen molar-refractivity contribution in [1.82, 2.24) is 0 Å². The highest BCUT2D eigenvalue weighted by Crippen LogP contribution is 2.01. The number of hydrogen-bond acceptors (Lipinski definition) is 5. The SMILES string of the molecule is COC(=O)C[C@H](N)C(=O)OC(C)Cl. The van der Waals surface area contributed by atoms with E-state index in [0.717, 1.165) is 0 Å². The van der Waals surface area contributed by atoms with E-state index in [-0.39, 0.29) is 6.42 Å². The third kappa shape index (κ3) is 5.43. The Morgan fingerprint density at radius 2 is 2.08 bits per heavy atom. The second kappa shape index (κ2) is 5.77. The monoisotopic (exact) mass is 209 g/mol. The van der Waals surface area contributed by atoms with Gasteiger partial charge < -0.3 is 15.2 Å². The Morgan fingerprint density at radius 1 is 1.54 bits per heavy atom. The lowest BCUT2D eigenvalue weighted by Crippen LogP contribution is -2.35. The molecule has 0 radical (unpaired) electrons. The van der Waals surface area contributed by atoms with E-state index < -0.39 is 23.5 Å². The summed E-state index contributed by atoms with van der Waals surface area (Å²) in [4.78, 5) is 21.6. The maximum Gasteiger partial charge on any atom is 0.324 e. The zero-order chi connectivity index (χ0) is 10.4. The van der Waals surface area contributed by atoms with Crippen LogP contribution in [0.25, 0.3) is 0 Å². The third-order valence-corrected chi connectivity index (χ3v) is 1.28. The molecule has 0 saturated carbocycles. The van der Waals surface area contributed by atoms with Gasteiger partial charge in [-0.25, -0.2) is 0 Å². The second-order valence-electron chi connectivity index (χ2n) is 2.37. The number of methoxy groups -OCH3 is 1. The van der Waals surface area contributed by atoms with E-state index in [9.17, 15) is 9.59 Å². The second-order valence-corrected chi connectivity index (χ2v) is 2.98. The highest BCUT2D eigenvalue weighted by Gasteiger charge is 2.20. The van der Waals surface area contributed by atoms with Gasteiger partial charge in [0.25, 0.3) is 0 Å². The summed E-state index contributed by atoms with van der Waals surface area (Å²) < 4.78 is 8.87. The van der Waals surface area contributed by atoms with E-state index in [4.69, 9.17) is 17.3 Å². The smallest absolute Gasteiger partial charge is 0.324 e. The quantitative estimate of drug-likeness (QED) is 0.521. The maximum atomic E-state index is 11.0. The lowest BCUT2D eigenvalue weighted by molar-refractivity contribution is -0.151. The predicted molar refractivity (Wildman–Crippen MR) is 46.0 cm³/mol. The number of esters is 2. The van der Waals surface area contributed by atoms with E-state index in [2.05, 4.69) is 9.47 Å². The van der Waals surface area contributed by atoms with Crippen molar-refractivity contribution in [2.45, 2.75) is 24.9 Å². The Bertz CT molecular complexity index is 195. The molecule has 0 aliphatic carbocycles. The van der Waals surface area contributed by atoms with Crippen LogP contribution in [0.3, 0.4) is 0 Å². The number of halogens is 1. The minimum atomic E-state index is -1.02. The van der Waals surface area contributed by atoms with E-state index in [0.29, 0.717) is 0 Å². The molecule has 0 fully saturated rings. The van der Waals surface area contributed by atoms with Crippen LogP contribution >= 0.6 is 11.6 Å². The highest BCUT2D eigenvalue weighted by atomic mass is 35.5. The number of carbonyl (C=O) groups excluding carboxylic acids is 2. The molecule has 2 N–H and O–H groups in total. The first-order valence-electron chi connectivity index (χ1n) is 3.64. The summed E-state index contributed by atoms with van der Waals surface area (Å²) in [5.74, 6) is -1.28. The van der Waals surface area contributed by atoms with Gasteiger partial charge in [-0.3, -0.25) is 9.59 Å². The van der Waals surface area contributed by atoms with E-state index in [1.54, 1.807) is 0 Å². The van der Waals surface area contributed by atoms with Gasteiger partial charge in [0.05, 0.1) is 13.5 Å². The summed E-state index contributed by atoms with van der Waals surface area (Å²) >= 11 is 5.37. The fourth-order valence-electron chi connectivity index (χ4n) is 0.594. The summed E-state index contributed by atoms with van der Waals surface area (Å²) in [6, 6.07) is -1.02. The van der Waals surface area contributed by atoms with Crippen molar-refractivity contribution in [3.05, 3.63) is 0 Å². The molecular weight excluding hydrogens is 198 g/mol. The van der Waals surface area contributed by atoms with Crippen LogP contribution in [0, 0.1) is 0 Å². The number of carbonyl (C=O) groups is 2. The Hall–Kier alpha value is -0.810. The van der Waals surface area contributed by atoms with Crippen molar-refractivity contribution in [3.8, 4) is 0 Å². The standard InChI is InChI=1S/C7H12ClNO4/c1-4(8)13-7(11)5(9)3-6(10)12-2/h4-5H,3,9H2,1-2H3/t4?,5-/m0/s1. The molecule has 0 aromatic carbocycles. The molecule has 0 heterocycles. The molecular formula is C7H12ClNO4. The van der Waals surface area contributed by atoms with Gasteiger partial charge in [0.15, 0.2) is 5.56 Å². The van der Waals surface area contributed by atoms with Crippen molar-refractivity contribution < 1.29 is 19.1 Å². The van der Waals surface area contributed by atoms with Crippen LogP contribution in [0.5, 0.6) is 0 Å². The predicted octanol–water partition coefficient (Wildman–Crippen LogP) is 0.00480. The number of ether oxygens (including phenoxy) is 2. The average Bonchev–Trinajstić information content (AvgIpc) is 2.02. The van der Waals surface area contributed by atoms with Gasteiger partial charge in [0, 0.05) is 0 Å². The summed E-state index contributed by atoms with van der Waals surface area (Å²) in [7, 11) is 1.21. The molecule has 6 heteroatoms. The topological polar surface area (TPSA) is 78.6 Å². The number of hydrogen-bond donors (Lipinski definition) is 1. The molecule has 13 heavy (non-hydrogen) atoms. The maximum absolute atomic E-state index is 11.0. The van der Waals surface area contributed by atoms with Gasteiger partial charge in [-0.2, -0.15) is 0 Å². The zero-order valence-electron chi connectivity index (χ0n) is 7.45. The van der Waals surface area contributed by atoms with Crippen LogP contribution in [-0.4, -0.2) is 30.7 Å². The first kappa shape index (κ1) is 12.2. The van der Waals surface area contributed by atoms with Crippen LogP contribution in [0.1, 0.15) is 13.3 Å². The molecule has 1 unspecified atom stereocenters. The molecule has 76 valence electrons. The van der Waals surface area contributed by atoms with Crippen LogP contribution in [-0.2, 0) is 19.1 Å². The Kier molecular flexibility index (Phi) is 5.41. The highest BCUT2D eigenvalue weighted by molar-refractivity contribution is 6.20. The molecule has 0 aliphatic rings. The molecule has 0 saturated heterocycles. The lowest BCUT2D eigenvalue weighted by Gasteiger charge is -2.11. The first-order chi connectivity index (χ1) is 5.97. The van der Waals surface area contributed by atoms with Gasteiger partial charge in [0.1, 0.15) is 6.04 Å². The van der Waals surface area contributed by atoms with Crippen molar-refractivity contribution in [2.75, 3.05) is 7.11 Å². The molecule has 2 atom stereocenters. The van der Waals surface area contributed by atoms with Crippen LogP contribution < -0.4 is 5.73 Å². The Balaban J connectivity index is 3.89. The first-order valence-corrected chi connectivity index (χ1v) is 4.08. The number of rotatable bonds is 4.